The number of rotatable bonds is 6. The van der Waals surface area contributed by atoms with Crippen molar-refractivity contribution in [3.05, 3.63) is 35.4 Å². The molecule has 1 rings (SSSR count). The Morgan fingerprint density at radius 1 is 1.22 bits per heavy atom. The Kier molecular flexibility index (Phi) is 5.83. The molecule has 0 spiro atoms. The third kappa shape index (κ3) is 4.43. The minimum absolute atomic E-state index is 0.145. The van der Waals surface area contributed by atoms with Gasteiger partial charge in [0.15, 0.2) is 0 Å². The lowest BCUT2D eigenvalue weighted by Gasteiger charge is -2.28. The van der Waals surface area contributed by atoms with E-state index >= 15 is 0 Å². The van der Waals surface area contributed by atoms with Crippen molar-refractivity contribution in [2.24, 2.45) is 11.7 Å². The van der Waals surface area contributed by atoms with Crippen LogP contribution in [0.25, 0.3) is 0 Å². The van der Waals surface area contributed by atoms with Gasteiger partial charge in [0.2, 0.25) is 0 Å². The molecule has 2 nitrogen and oxygen atoms in total. The van der Waals surface area contributed by atoms with Crippen LogP contribution in [0.2, 0.25) is 0 Å². The lowest BCUT2D eigenvalue weighted by molar-refractivity contribution is 0.202. The maximum Gasteiger partial charge on any atom is 0.0307 e. The second kappa shape index (κ2) is 6.91. The van der Waals surface area contributed by atoms with E-state index in [2.05, 4.69) is 63.9 Å². The molecule has 1 aromatic rings. The lowest BCUT2D eigenvalue weighted by atomic mass is 10.0. The fourth-order valence-corrected chi connectivity index (χ4v) is 2.12. The van der Waals surface area contributed by atoms with Gasteiger partial charge in [0.05, 0.1) is 0 Å². The van der Waals surface area contributed by atoms with Gasteiger partial charge in [-0.05, 0) is 45.3 Å². The molecule has 0 bridgehead atoms. The van der Waals surface area contributed by atoms with Crippen LogP contribution in [0.3, 0.4) is 0 Å². The Labute approximate surface area is 112 Å². The maximum absolute atomic E-state index is 6.26. The summed E-state index contributed by atoms with van der Waals surface area (Å²) in [7, 11) is 2.19. The van der Waals surface area contributed by atoms with Crippen LogP contribution < -0.4 is 5.73 Å². The zero-order valence-corrected chi connectivity index (χ0v) is 12.5. The standard InChI is InChI=1S/C16H28N2/c1-12(2)14(4)18(5)10-9-16(17)15-8-6-7-13(3)11-15/h6-8,11-12,14,16H,9-10,17H2,1-5H3. The first-order valence-electron chi connectivity index (χ1n) is 6.94. The summed E-state index contributed by atoms with van der Waals surface area (Å²) >= 11 is 0. The van der Waals surface area contributed by atoms with E-state index in [-0.39, 0.29) is 6.04 Å². The fraction of sp³-hybridized carbons (Fsp3) is 0.625. The van der Waals surface area contributed by atoms with Crippen LogP contribution >= 0.6 is 0 Å². The quantitative estimate of drug-likeness (QED) is 0.836. The molecule has 2 heteroatoms. The van der Waals surface area contributed by atoms with Crippen LogP contribution in [0.1, 0.15) is 44.4 Å². The van der Waals surface area contributed by atoms with Crippen molar-refractivity contribution in [1.82, 2.24) is 4.90 Å². The van der Waals surface area contributed by atoms with Crippen LogP contribution in [0, 0.1) is 12.8 Å². The van der Waals surface area contributed by atoms with Gasteiger partial charge in [-0.25, -0.2) is 0 Å². The average molecular weight is 248 g/mol. The summed E-state index contributed by atoms with van der Waals surface area (Å²) in [6.45, 7) is 9.98. The molecule has 102 valence electrons. The van der Waals surface area contributed by atoms with Gasteiger partial charge in [-0.15, -0.1) is 0 Å². The molecule has 0 saturated heterocycles. The van der Waals surface area contributed by atoms with Crippen molar-refractivity contribution in [3.63, 3.8) is 0 Å². The van der Waals surface area contributed by atoms with Crippen molar-refractivity contribution in [3.8, 4) is 0 Å². The summed E-state index contributed by atoms with van der Waals surface area (Å²) in [5, 5.41) is 0. The second-order valence-corrected chi connectivity index (χ2v) is 5.77. The minimum Gasteiger partial charge on any atom is -0.324 e. The van der Waals surface area contributed by atoms with Crippen LogP contribution in [0.5, 0.6) is 0 Å². The molecule has 0 aromatic heterocycles. The van der Waals surface area contributed by atoms with Crippen molar-refractivity contribution in [1.29, 1.82) is 0 Å². The predicted molar refractivity (Wildman–Crippen MR) is 79.7 cm³/mol. The molecule has 0 fully saturated rings. The van der Waals surface area contributed by atoms with E-state index in [4.69, 9.17) is 5.73 Å². The summed E-state index contributed by atoms with van der Waals surface area (Å²) < 4.78 is 0. The van der Waals surface area contributed by atoms with Gasteiger partial charge in [0.25, 0.3) is 0 Å². The Morgan fingerprint density at radius 3 is 2.44 bits per heavy atom. The molecular weight excluding hydrogens is 220 g/mol. The second-order valence-electron chi connectivity index (χ2n) is 5.77. The third-order valence-electron chi connectivity index (χ3n) is 3.92. The summed E-state index contributed by atoms with van der Waals surface area (Å²) in [6, 6.07) is 9.27. The van der Waals surface area contributed by atoms with Gasteiger partial charge < -0.3 is 10.6 Å². The summed E-state index contributed by atoms with van der Waals surface area (Å²) in [4.78, 5) is 2.40. The molecule has 0 heterocycles. The number of benzene rings is 1. The van der Waals surface area contributed by atoms with Crippen LogP contribution in [0.15, 0.2) is 24.3 Å². The van der Waals surface area contributed by atoms with E-state index in [0.29, 0.717) is 12.0 Å². The first-order chi connectivity index (χ1) is 8.41. The zero-order chi connectivity index (χ0) is 13.7. The number of hydrogen-bond donors (Lipinski definition) is 1. The topological polar surface area (TPSA) is 29.3 Å². The first kappa shape index (κ1) is 15.2. The predicted octanol–water partition coefficient (Wildman–Crippen LogP) is 3.36. The number of nitrogens with two attached hydrogens (primary N) is 1. The highest BCUT2D eigenvalue weighted by Crippen LogP contribution is 2.17. The third-order valence-corrected chi connectivity index (χ3v) is 3.92. The molecule has 1 aromatic carbocycles. The average Bonchev–Trinajstić information content (AvgIpc) is 2.34. The molecule has 2 unspecified atom stereocenters. The van der Waals surface area contributed by atoms with E-state index in [1.54, 1.807) is 0 Å². The van der Waals surface area contributed by atoms with Crippen molar-refractivity contribution in [2.45, 2.75) is 46.2 Å². The number of aryl methyl sites for hydroxylation is 1. The van der Waals surface area contributed by atoms with E-state index in [9.17, 15) is 0 Å². The molecule has 2 N–H and O–H groups in total. The Balaban J connectivity index is 2.48. The molecule has 0 aliphatic carbocycles. The van der Waals surface area contributed by atoms with Gasteiger partial charge in [0, 0.05) is 12.1 Å². The number of nitrogens with zero attached hydrogens (tertiary/aromatic N) is 1. The van der Waals surface area contributed by atoms with Crippen molar-refractivity contribution >= 4 is 0 Å². The minimum atomic E-state index is 0.145. The van der Waals surface area contributed by atoms with E-state index in [0.717, 1.165) is 13.0 Å². The molecule has 0 saturated carbocycles. The van der Waals surface area contributed by atoms with Gasteiger partial charge >= 0.3 is 0 Å². The fourth-order valence-electron chi connectivity index (χ4n) is 2.12. The van der Waals surface area contributed by atoms with Gasteiger partial charge in [-0.3, -0.25) is 0 Å². The van der Waals surface area contributed by atoms with E-state index in [1.807, 2.05) is 0 Å². The van der Waals surface area contributed by atoms with E-state index < -0.39 is 0 Å². The molecule has 18 heavy (non-hydrogen) atoms. The molecular formula is C16H28N2. The largest absolute Gasteiger partial charge is 0.324 e. The molecule has 2 atom stereocenters. The molecule has 0 radical (unpaired) electrons. The highest BCUT2D eigenvalue weighted by molar-refractivity contribution is 5.24. The summed E-state index contributed by atoms with van der Waals surface area (Å²) in [5.74, 6) is 0.685. The smallest absolute Gasteiger partial charge is 0.0307 e. The first-order valence-corrected chi connectivity index (χ1v) is 6.94. The Morgan fingerprint density at radius 2 is 1.89 bits per heavy atom. The molecule has 0 aliphatic heterocycles. The van der Waals surface area contributed by atoms with Crippen LogP contribution in [-0.4, -0.2) is 24.5 Å². The molecule has 0 aliphatic rings. The summed E-state index contributed by atoms with van der Waals surface area (Å²) in [5.41, 5.74) is 8.80. The van der Waals surface area contributed by atoms with Crippen molar-refractivity contribution in [2.75, 3.05) is 13.6 Å². The maximum atomic E-state index is 6.26. The monoisotopic (exact) mass is 248 g/mol. The van der Waals surface area contributed by atoms with Crippen LogP contribution in [-0.2, 0) is 0 Å². The van der Waals surface area contributed by atoms with Gasteiger partial charge in [-0.2, -0.15) is 0 Å². The number of hydrogen-bond acceptors (Lipinski definition) is 2. The zero-order valence-electron chi connectivity index (χ0n) is 12.5. The van der Waals surface area contributed by atoms with E-state index in [1.165, 1.54) is 11.1 Å². The Bertz CT molecular complexity index is 360. The lowest BCUT2D eigenvalue weighted by Crippen LogP contribution is -2.35. The van der Waals surface area contributed by atoms with Gasteiger partial charge in [-0.1, -0.05) is 43.7 Å². The van der Waals surface area contributed by atoms with Crippen LogP contribution in [0.4, 0.5) is 0 Å². The normalized spacial score (nSPS) is 15.1. The SMILES string of the molecule is Cc1cccc(C(N)CCN(C)C(C)C(C)C)c1. The Hall–Kier alpha value is -0.860. The molecule has 0 amide bonds. The highest BCUT2D eigenvalue weighted by atomic mass is 15.1. The summed E-state index contributed by atoms with van der Waals surface area (Å²) in [6.07, 6.45) is 1.01. The van der Waals surface area contributed by atoms with Gasteiger partial charge in [0.1, 0.15) is 0 Å². The van der Waals surface area contributed by atoms with Crippen molar-refractivity contribution < 1.29 is 0 Å². The highest BCUT2D eigenvalue weighted by Gasteiger charge is 2.14.